The molecule has 1 saturated carbocycles. The van der Waals surface area contributed by atoms with Gasteiger partial charge in [0.25, 0.3) is 0 Å². The maximum atomic E-state index is 12.1. The molecule has 0 radical (unpaired) electrons. The quantitative estimate of drug-likeness (QED) is 0.825. The lowest BCUT2D eigenvalue weighted by Crippen LogP contribution is -2.56. The molecule has 1 aliphatic carbocycles. The van der Waals surface area contributed by atoms with Crippen molar-refractivity contribution in [3.8, 4) is 0 Å². The molecule has 1 unspecified atom stereocenters. The standard InChI is InChI=1S/C13H24N2O2.ClH/c14-13(7-3-1-4-8-13)12(16)15-10-11-6-2-5-9-17-11;/h11H,1-10,14H2,(H,15,16);1H. The number of ether oxygens (including phenoxy) is 1. The monoisotopic (exact) mass is 276 g/mol. The van der Waals surface area contributed by atoms with Crippen molar-refractivity contribution in [3.05, 3.63) is 0 Å². The van der Waals surface area contributed by atoms with Crippen LogP contribution in [0.3, 0.4) is 0 Å². The Kier molecular flexibility index (Phi) is 6.39. The van der Waals surface area contributed by atoms with Gasteiger partial charge < -0.3 is 15.8 Å². The van der Waals surface area contributed by atoms with Gasteiger partial charge in [0, 0.05) is 13.2 Å². The third-order valence-electron chi connectivity index (χ3n) is 3.96. The smallest absolute Gasteiger partial charge is 0.240 e. The number of hydrogen-bond donors (Lipinski definition) is 2. The SMILES string of the molecule is Cl.NC1(C(=O)NCC2CCCCO2)CCCCC1. The van der Waals surface area contributed by atoms with E-state index in [-0.39, 0.29) is 24.4 Å². The second-order valence-electron chi connectivity index (χ2n) is 5.42. The molecule has 2 aliphatic rings. The minimum Gasteiger partial charge on any atom is -0.376 e. The number of amides is 1. The molecule has 5 heteroatoms. The van der Waals surface area contributed by atoms with Crippen molar-refractivity contribution >= 4 is 18.3 Å². The summed E-state index contributed by atoms with van der Waals surface area (Å²) < 4.78 is 5.59. The van der Waals surface area contributed by atoms with Crippen LogP contribution in [0.15, 0.2) is 0 Å². The van der Waals surface area contributed by atoms with Gasteiger partial charge in [-0.3, -0.25) is 4.79 Å². The van der Waals surface area contributed by atoms with Crippen molar-refractivity contribution in [3.63, 3.8) is 0 Å². The molecular formula is C13H25ClN2O2. The number of nitrogens with two attached hydrogens (primary N) is 1. The first-order valence-electron chi connectivity index (χ1n) is 6.89. The summed E-state index contributed by atoms with van der Waals surface area (Å²) in [4.78, 5) is 12.1. The van der Waals surface area contributed by atoms with Gasteiger partial charge in [-0.15, -0.1) is 12.4 Å². The summed E-state index contributed by atoms with van der Waals surface area (Å²) >= 11 is 0. The first-order chi connectivity index (χ1) is 8.21. The summed E-state index contributed by atoms with van der Waals surface area (Å²) in [5.41, 5.74) is 5.55. The van der Waals surface area contributed by atoms with Crippen molar-refractivity contribution in [1.82, 2.24) is 5.32 Å². The fraction of sp³-hybridized carbons (Fsp3) is 0.923. The van der Waals surface area contributed by atoms with E-state index in [9.17, 15) is 4.79 Å². The van der Waals surface area contributed by atoms with E-state index < -0.39 is 5.54 Å². The molecule has 2 rings (SSSR count). The molecule has 1 aliphatic heterocycles. The van der Waals surface area contributed by atoms with Gasteiger partial charge in [0.05, 0.1) is 11.6 Å². The van der Waals surface area contributed by atoms with Gasteiger partial charge in [-0.2, -0.15) is 0 Å². The topological polar surface area (TPSA) is 64.4 Å². The average molecular weight is 277 g/mol. The summed E-state index contributed by atoms with van der Waals surface area (Å²) in [6, 6.07) is 0. The Bertz CT molecular complexity index is 262. The highest BCUT2D eigenvalue weighted by atomic mass is 35.5. The summed E-state index contributed by atoms with van der Waals surface area (Å²) in [7, 11) is 0. The van der Waals surface area contributed by atoms with Crippen LogP contribution in [0.1, 0.15) is 51.4 Å². The molecule has 1 amide bonds. The van der Waals surface area contributed by atoms with Crippen molar-refractivity contribution in [2.75, 3.05) is 13.2 Å². The number of rotatable bonds is 3. The van der Waals surface area contributed by atoms with Crippen molar-refractivity contribution < 1.29 is 9.53 Å². The highest BCUT2D eigenvalue weighted by molar-refractivity contribution is 5.86. The Balaban J connectivity index is 0.00000162. The Morgan fingerprint density at radius 3 is 2.56 bits per heavy atom. The van der Waals surface area contributed by atoms with Crippen LogP contribution in [0.25, 0.3) is 0 Å². The van der Waals surface area contributed by atoms with Crippen LogP contribution in [0.5, 0.6) is 0 Å². The molecule has 0 aromatic rings. The van der Waals surface area contributed by atoms with Gasteiger partial charge in [-0.05, 0) is 32.1 Å². The van der Waals surface area contributed by atoms with Crippen LogP contribution >= 0.6 is 12.4 Å². The second kappa shape index (κ2) is 7.31. The predicted molar refractivity (Wildman–Crippen MR) is 73.9 cm³/mol. The lowest BCUT2D eigenvalue weighted by Gasteiger charge is -2.32. The maximum absolute atomic E-state index is 12.1. The van der Waals surface area contributed by atoms with E-state index >= 15 is 0 Å². The van der Waals surface area contributed by atoms with E-state index in [4.69, 9.17) is 10.5 Å². The van der Waals surface area contributed by atoms with Crippen LogP contribution < -0.4 is 11.1 Å². The largest absolute Gasteiger partial charge is 0.376 e. The minimum absolute atomic E-state index is 0. The molecule has 0 aromatic carbocycles. The van der Waals surface area contributed by atoms with E-state index in [1.165, 1.54) is 12.8 Å². The number of nitrogens with one attached hydrogen (secondary N) is 1. The molecule has 1 saturated heterocycles. The highest BCUT2D eigenvalue weighted by Crippen LogP contribution is 2.26. The zero-order valence-electron chi connectivity index (χ0n) is 11.0. The third kappa shape index (κ3) is 4.11. The summed E-state index contributed by atoms with van der Waals surface area (Å²) in [6.45, 7) is 1.45. The van der Waals surface area contributed by atoms with E-state index in [2.05, 4.69) is 5.32 Å². The van der Waals surface area contributed by atoms with Crippen molar-refractivity contribution in [2.45, 2.75) is 63.0 Å². The van der Waals surface area contributed by atoms with Gasteiger partial charge >= 0.3 is 0 Å². The summed E-state index contributed by atoms with van der Waals surface area (Å²) in [5.74, 6) is 0.0198. The fourth-order valence-electron chi connectivity index (χ4n) is 2.76. The molecule has 0 aromatic heterocycles. The van der Waals surface area contributed by atoms with Gasteiger partial charge in [-0.25, -0.2) is 0 Å². The lowest BCUT2D eigenvalue weighted by molar-refractivity contribution is -0.128. The molecule has 0 bridgehead atoms. The van der Waals surface area contributed by atoms with E-state index in [0.717, 1.165) is 45.1 Å². The lowest BCUT2D eigenvalue weighted by atomic mass is 9.82. The summed E-state index contributed by atoms with van der Waals surface area (Å²) in [6.07, 6.45) is 8.59. The Labute approximate surface area is 115 Å². The summed E-state index contributed by atoms with van der Waals surface area (Å²) in [5, 5.41) is 2.97. The number of halogens is 1. The first kappa shape index (κ1) is 15.7. The molecule has 0 spiro atoms. The Hall–Kier alpha value is -0.320. The Morgan fingerprint density at radius 1 is 1.22 bits per heavy atom. The average Bonchev–Trinajstić information content (AvgIpc) is 2.38. The molecule has 1 heterocycles. The van der Waals surface area contributed by atoms with Crippen LogP contribution in [0.2, 0.25) is 0 Å². The van der Waals surface area contributed by atoms with Gasteiger partial charge in [0.15, 0.2) is 0 Å². The minimum atomic E-state index is -0.618. The molecule has 106 valence electrons. The van der Waals surface area contributed by atoms with E-state index in [1.807, 2.05) is 0 Å². The van der Waals surface area contributed by atoms with Gasteiger partial charge in [0.1, 0.15) is 0 Å². The number of carbonyl (C=O) groups excluding carboxylic acids is 1. The second-order valence-corrected chi connectivity index (χ2v) is 5.42. The van der Waals surface area contributed by atoms with Crippen LogP contribution in [-0.4, -0.2) is 30.7 Å². The molecule has 4 nitrogen and oxygen atoms in total. The van der Waals surface area contributed by atoms with Gasteiger partial charge in [-0.1, -0.05) is 19.3 Å². The van der Waals surface area contributed by atoms with Crippen molar-refractivity contribution in [1.29, 1.82) is 0 Å². The first-order valence-corrected chi connectivity index (χ1v) is 6.89. The van der Waals surface area contributed by atoms with E-state index in [0.29, 0.717) is 6.54 Å². The molecular weight excluding hydrogens is 252 g/mol. The van der Waals surface area contributed by atoms with Crippen LogP contribution in [0.4, 0.5) is 0 Å². The van der Waals surface area contributed by atoms with Gasteiger partial charge in [0.2, 0.25) is 5.91 Å². The maximum Gasteiger partial charge on any atom is 0.240 e. The Morgan fingerprint density at radius 2 is 1.94 bits per heavy atom. The van der Waals surface area contributed by atoms with E-state index in [1.54, 1.807) is 0 Å². The number of carbonyl (C=O) groups is 1. The normalized spacial score (nSPS) is 27.1. The zero-order valence-corrected chi connectivity index (χ0v) is 11.8. The molecule has 3 N–H and O–H groups in total. The highest BCUT2D eigenvalue weighted by Gasteiger charge is 2.35. The molecule has 1 atom stereocenters. The predicted octanol–water partition coefficient (Wildman–Crippen LogP) is 1.76. The van der Waals surface area contributed by atoms with Crippen LogP contribution in [-0.2, 0) is 9.53 Å². The van der Waals surface area contributed by atoms with Crippen LogP contribution in [0, 0.1) is 0 Å². The molecule has 2 fully saturated rings. The van der Waals surface area contributed by atoms with Crippen molar-refractivity contribution in [2.24, 2.45) is 5.73 Å². The fourth-order valence-corrected chi connectivity index (χ4v) is 2.76. The molecule has 18 heavy (non-hydrogen) atoms. The third-order valence-corrected chi connectivity index (χ3v) is 3.96. The number of hydrogen-bond acceptors (Lipinski definition) is 3. The zero-order chi connectivity index (χ0) is 12.1.